The summed E-state index contributed by atoms with van der Waals surface area (Å²) in [5.41, 5.74) is 6.34. The smallest absolute Gasteiger partial charge is 0.239 e. The summed E-state index contributed by atoms with van der Waals surface area (Å²) in [6, 6.07) is 13.3. The molecule has 0 aliphatic rings. The molecule has 3 nitrogen and oxygen atoms in total. The lowest BCUT2D eigenvalue weighted by Gasteiger charge is -2.15. The molecule has 4 heteroatoms. The van der Waals surface area contributed by atoms with E-state index in [4.69, 9.17) is 5.73 Å². The molecule has 1 atom stereocenters. The van der Waals surface area contributed by atoms with Crippen LogP contribution in [0.4, 0.5) is 0 Å². The zero-order chi connectivity index (χ0) is 12.8. The van der Waals surface area contributed by atoms with Crippen molar-refractivity contribution in [1.29, 1.82) is 0 Å². The number of rotatable bonds is 6. The third-order valence-electron chi connectivity index (χ3n) is 2.72. The normalized spacial score (nSPS) is 12.2. The molecule has 0 saturated carbocycles. The Morgan fingerprint density at radius 2 is 2.00 bits per heavy atom. The molecule has 1 aromatic carbocycles. The van der Waals surface area contributed by atoms with Crippen molar-refractivity contribution in [3.63, 3.8) is 0 Å². The highest BCUT2D eigenvalue weighted by molar-refractivity contribution is 7.09. The Hall–Kier alpha value is -1.65. The van der Waals surface area contributed by atoms with Gasteiger partial charge in [0.1, 0.15) is 6.04 Å². The second-order valence-electron chi connectivity index (χ2n) is 4.03. The zero-order valence-corrected chi connectivity index (χ0v) is 10.8. The Kier molecular flexibility index (Phi) is 4.50. The van der Waals surface area contributed by atoms with Crippen LogP contribution in [0.15, 0.2) is 47.8 Å². The number of carbonyl (C=O) groups excluding carboxylic acids is 1. The lowest BCUT2D eigenvalue weighted by molar-refractivity contribution is -0.120. The topological polar surface area (TPSA) is 55.1 Å². The Morgan fingerprint density at radius 3 is 2.61 bits per heavy atom. The van der Waals surface area contributed by atoms with Crippen LogP contribution in [-0.4, -0.2) is 12.5 Å². The van der Waals surface area contributed by atoms with Crippen LogP contribution in [0.1, 0.15) is 16.5 Å². The summed E-state index contributed by atoms with van der Waals surface area (Å²) >= 11 is 1.72. The molecule has 0 saturated heterocycles. The number of thiophene rings is 1. The van der Waals surface area contributed by atoms with Crippen molar-refractivity contribution in [3.05, 3.63) is 58.3 Å². The molecule has 0 unspecified atom stereocenters. The van der Waals surface area contributed by atoms with E-state index in [9.17, 15) is 4.79 Å². The number of hydrogen-bond donors (Lipinski definition) is 2. The van der Waals surface area contributed by atoms with Gasteiger partial charge in [-0.3, -0.25) is 4.79 Å². The van der Waals surface area contributed by atoms with Crippen LogP contribution in [0.25, 0.3) is 0 Å². The van der Waals surface area contributed by atoms with Gasteiger partial charge in [0, 0.05) is 11.4 Å². The van der Waals surface area contributed by atoms with E-state index in [0.29, 0.717) is 0 Å². The van der Waals surface area contributed by atoms with Crippen molar-refractivity contribution >= 4 is 17.2 Å². The lowest BCUT2D eigenvalue weighted by atomic mass is 10.1. The quantitative estimate of drug-likeness (QED) is 0.835. The minimum Gasteiger partial charge on any atom is -0.368 e. The van der Waals surface area contributed by atoms with E-state index >= 15 is 0 Å². The van der Waals surface area contributed by atoms with E-state index in [1.54, 1.807) is 11.3 Å². The molecular weight excluding hydrogens is 244 g/mol. The average molecular weight is 260 g/mol. The Morgan fingerprint density at radius 1 is 1.22 bits per heavy atom. The van der Waals surface area contributed by atoms with Crippen molar-refractivity contribution in [2.75, 3.05) is 6.54 Å². The van der Waals surface area contributed by atoms with E-state index in [1.807, 2.05) is 36.4 Å². The summed E-state index contributed by atoms with van der Waals surface area (Å²) in [5.74, 6) is -0.340. The fourth-order valence-electron chi connectivity index (χ4n) is 1.82. The number of carbonyl (C=O) groups is 1. The first kappa shape index (κ1) is 12.8. The number of hydrogen-bond acceptors (Lipinski definition) is 3. The Balaban J connectivity index is 1.93. The fraction of sp³-hybridized carbons (Fsp3) is 0.214. The Bertz CT molecular complexity index is 482. The van der Waals surface area contributed by atoms with Gasteiger partial charge >= 0.3 is 0 Å². The van der Waals surface area contributed by atoms with Gasteiger partial charge < -0.3 is 11.1 Å². The van der Waals surface area contributed by atoms with Crippen LogP contribution >= 0.6 is 11.3 Å². The average Bonchev–Trinajstić information content (AvgIpc) is 2.88. The maximum absolute atomic E-state index is 11.5. The first-order valence-electron chi connectivity index (χ1n) is 5.87. The maximum Gasteiger partial charge on any atom is 0.239 e. The van der Waals surface area contributed by atoms with Crippen LogP contribution in [0, 0.1) is 0 Å². The van der Waals surface area contributed by atoms with Crippen LogP contribution in [0.5, 0.6) is 0 Å². The minimum absolute atomic E-state index is 0.340. The number of nitrogens with one attached hydrogen (secondary N) is 1. The Labute approximate surface area is 111 Å². The van der Waals surface area contributed by atoms with Crippen molar-refractivity contribution in [1.82, 2.24) is 5.32 Å². The van der Waals surface area contributed by atoms with Crippen molar-refractivity contribution in [2.24, 2.45) is 5.73 Å². The van der Waals surface area contributed by atoms with Gasteiger partial charge in [-0.2, -0.15) is 0 Å². The van der Waals surface area contributed by atoms with Gasteiger partial charge in [0.2, 0.25) is 5.91 Å². The summed E-state index contributed by atoms with van der Waals surface area (Å²) < 4.78 is 0. The largest absolute Gasteiger partial charge is 0.368 e. The van der Waals surface area contributed by atoms with Gasteiger partial charge in [-0.25, -0.2) is 0 Å². The standard InChI is InChI=1S/C14H16N2OS/c15-14(17)13(11-5-2-1-3-6-11)16-9-8-12-7-4-10-18-12/h1-7,10,13,16H,8-9H2,(H2,15,17)/t13-/m1/s1. The molecule has 18 heavy (non-hydrogen) atoms. The molecule has 1 aromatic heterocycles. The molecule has 94 valence electrons. The minimum atomic E-state index is -0.411. The molecule has 3 N–H and O–H groups in total. The zero-order valence-electron chi connectivity index (χ0n) is 10.0. The molecular formula is C14H16N2OS. The third-order valence-corrected chi connectivity index (χ3v) is 3.65. The second-order valence-corrected chi connectivity index (χ2v) is 5.06. The fourth-order valence-corrected chi connectivity index (χ4v) is 2.53. The summed E-state index contributed by atoms with van der Waals surface area (Å²) in [6.07, 6.45) is 0.911. The molecule has 2 rings (SSSR count). The SMILES string of the molecule is NC(=O)[C@H](NCCc1cccs1)c1ccccc1. The molecule has 0 radical (unpaired) electrons. The van der Waals surface area contributed by atoms with Crippen LogP contribution in [-0.2, 0) is 11.2 Å². The van der Waals surface area contributed by atoms with Crippen LogP contribution in [0.3, 0.4) is 0 Å². The number of amides is 1. The van der Waals surface area contributed by atoms with Gasteiger partial charge in [0.25, 0.3) is 0 Å². The van der Waals surface area contributed by atoms with Gasteiger partial charge in [-0.05, 0) is 23.4 Å². The molecule has 1 heterocycles. The lowest BCUT2D eigenvalue weighted by Crippen LogP contribution is -2.34. The highest BCUT2D eigenvalue weighted by Gasteiger charge is 2.16. The van der Waals surface area contributed by atoms with Crippen LogP contribution < -0.4 is 11.1 Å². The molecule has 0 bridgehead atoms. The van der Waals surface area contributed by atoms with E-state index < -0.39 is 6.04 Å². The molecule has 1 amide bonds. The van der Waals surface area contributed by atoms with Crippen molar-refractivity contribution < 1.29 is 4.79 Å². The summed E-state index contributed by atoms with van der Waals surface area (Å²) in [4.78, 5) is 12.8. The summed E-state index contributed by atoms with van der Waals surface area (Å²) in [5, 5.41) is 5.26. The predicted molar refractivity (Wildman–Crippen MR) is 74.4 cm³/mol. The van der Waals surface area contributed by atoms with Gasteiger partial charge in [0.15, 0.2) is 0 Å². The third kappa shape index (κ3) is 3.42. The second kappa shape index (κ2) is 6.33. The number of benzene rings is 1. The van der Waals surface area contributed by atoms with Crippen LogP contribution in [0.2, 0.25) is 0 Å². The van der Waals surface area contributed by atoms with E-state index in [0.717, 1.165) is 18.5 Å². The molecule has 0 aliphatic carbocycles. The first-order chi connectivity index (χ1) is 8.77. The van der Waals surface area contributed by atoms with Crippen molar-refractivity contribution in [3.8, 4) is 0 Å². The van der Waals surface area contributed by atoms with Gasteiger partial charge in [-0.15, -0.1) is 11.3 Å². The summed E-state index contributed by atoms with van der Waals surface area (Å²) in [7, 11) is 0. The maximum atomic E-state index is 11.5. The predicted octanol–water partition coefficient (Wildman–Crippen LogP) is 2.11. The van der Waals surface area contributed by atoms with Gasteiger partial charge in [-0.1, -0.05) is 36.4 Å². The first-order valence-corrected chi connectivity index (χ1v) is 6.75. The highest BCUT2D eigenvalue weighted by atomic mass is 32.1. The van der Waals surface area contributed by atoms with E-state index in [1.165, 1.54) is 4.88 Å². The molecule has 0 aliphatic heterocycles. The number of primary amides is 1. The van der Waals surface area contributed by atoms with E-state index in [2.05, 4.69) is 16.8 Å². The van der Waals surface area contributed by atoms with Gasteiger partial charge in [0.05, 0.1) is 0 Å². The monoisotopic (exact) mass is 260 g/mol. The van der Waals surface area contributed by atoms with E-state index in [-0.39, 0.29) is 5.91 Å². The molecule has 2 aromatic rings. The molecule has 0 fully saturated rings. The molecule has 0 spiro atoms. The number of nitrogens with two attached hydrogens (primary N) is 1. The summed E-state index contributed by atoms with van der Waals surface area (Å²) in [6.45, 7) is 0.739. The highest BCUT2D eigenvalue weighted by Crippen LogP contribution is 2.13. The van der Waals surface area contributed by atoms with Crippen molar-refractivity contribution in [2.45, 2.75) is 12.5 Å².